The van der Waals surface area contributed by atoms with Gasteiger partial charge in [-0.15, -0.1) is 0 Å². The van der Waals surface area contributed by atoms with E-state index >= 15 is 0 Å². The maximum atomic E-state index is 9.72. The Balaban J connectivity index is 2.56. The summed E-state index contributed by atoms with van der Waals surface area (Å²) >= 11 is 0. The molecule has 8 heavy (non-hydrogen) atoms. The van der Waals surface area contributed by atoms with Crippen LogP contribution >= 0.6 is 0 Å². The quantitative estimate of drug-likeness (QED) is 0.492. The number of hydrogen-bond acceptors (Lipinski definition) is 3. The lowest BCUT2D eigenvalue weighted by molar-refractivity contribution is 0.141. The topological polar surface area (TPSA) is 46.5 Å². The van der Waals surface area contributed by atoms with Crippen LogP contribution in [-0.2, 0) is 9.53 Å². The minimum absolute atomic E-state index is 0.109. The summed E-state index contributed by atoms with van der Waals surface area (Å²) < 4.78 is 4.60. The Morgan fingerprint density at radius 2 is 2.75 bits per heavy atom. The number of carbonyl (C=O) groups excluding carboxylic acids is 1. The third-order valence-corrected chi connectivity index (χ3v) is 0.854. The highest BCUT2D eigenvalue weighted by Gasteiger charge is 2.12. The minimum atomic E-state index is -0.619. The van der Waals surface area contributed by atoms with Gasteiger partial charge in [0, 0.05) is 0 Å². The van der Waals surface area contributed by atoms with Gasteiger partial charge in [0.25, 0.3) is 6.29 Å². The van der Waals surface area contributed by atoms with Crippen molar-refractivity contribution in [2.24, 2.45) is 0 Å². The van der Waals surface area contributed by atoms with E-state index in [9.17, 15) is 4.79 Å². The molecule has 43 valence electrons. The first-order valence-corrected chi connectivity index (χ1v) is 2.24. The van der Waals surface area contributed by atoms with Crippen LogP contribution in [0.1, 0.15) is 0 Å². The van der Waals surface area contributed by atoms with Crippen LogP contribution in [0.15, 0.2) is 11.8 Å². The highest BCUT2D eigenvalue weighted by Crippen LogP contribution is 2.05. The lowest BCUT2D eigenvalue weighted by Gasteiger charge is -1.92. The molecule has 1 heterocycles. The molecule has 1 aliphatic heterocycles. The molecule has 0 aromatic heterocycles. The summed E-state index contributed by atoms with van der Waals surface area (Å²) in [4.78, 5) is 9.72. The summed E-state index contributed by atoms with van der Waals surface area (Å²) in [5.41, 5.74) is 0. The maximum Gasteiger partial charge on any atom is 0.271 e. The van der Waals surface area contributed by atoms with E-state index in [-0.39, 0.29) is 12.4 Å². The van der Waals surface area contributed by atoms with Crippen LogP contribution in [0.25, 0.3) is 0 Å². The van der Waals surface area contributed by atoms with Crippen molar-refractivity contribution in [3.63, 3.8) is 0 Å². The fourth-order valence-corrected chi connectivity index (χ4v) is 0.510. The summed E-state index contributed by atoms with van der Waals surface area (Å²) in [5.74, 6) is 0.109. The second kappa shape index (κ2) is 1.96. The number of aliphatic hydroxyl groups is 1. The molecule has 1 atom stereocenters. The molecule has 1 radical (unpaired) electrons. The van der Waals surface area contributed by atoms with E-state index in [1.54, 1.807) is 0 Å². The molecular formula is C5H5O3. The van der Waals surface area contributed by atoms with Crippen molar-refractivity contribution in [1.29, 1.82) is 0 Å². The molecule has 0 bridgehead atoms. The number of ether oxygens (including phenoxy) is 1. The highest BCUT2D eigenvalue weighted by molar-refractivity contribution is 5.71. The molecule has 1 N–H and O–H groups in total. The van der Waals surface area contributed by atoms with Gasteiger partial charge in [-0.3, -0.25) is 4.79 Å². The number of allylic oxidation sites excluding steroid dienone is 1. The van der Waals surface area contributed by atoms with E-state index in [1.807, 2.05) is 0 Å². The van der Waals surface area contributed by atoms with Gasteiger partial charge in [0.1, 0.15) is 12.7 Å². The molecule has 0 fully saturated rings. The van der Waals surface area contributed by atoms with E-state index in [1.165, 1.54) is 12.4 Å². The Hall–Kier alpha value is -0.830. The van der Waals surface area contributed by atoms with Crippen molar-refractivity contribution in [3.05, 3.63) is 11.8 Å². The molecule has 3 heteroatoms. The average Bonchev–Trinajstić information content (AvgIpc) is 2.14. The van der Waals surface area contributed by atoms with Gasteiger partial charge < -0.3 is 9.84 Å². The molecule has 0 aliphatic carbocycles. The molecule has 0 aromatic carbocycles. The Morgan fingerprint density at radius 1 is 2.00 bits per heavy atom. The molecule has 0 saturated carbocycles. The van der Waals surface area contributed by atoms with Crippen LogP contribution < -0.4 is 0 Å². The van der Waals surface area contributed by atoms with Crippen molar-refractivity contribution < 1.29 is 14.6 Å². The first kappa shape index (κ1) is 5.31. The predicted molar refractivity (Wildman–Crippen MR) is 25.7 cm³/mol. The van der Waals surface area contributed by atoms with Gasteiger partial charge in [-0.25, -0.2) is 0 Å². The van der Waals surface area contributed by atoms with Gasteiger partial charge >= 0.3 is 0 Å². The lowest BCUT2D eigenvalue weighted by atomic mass is 10.4. The van der Waals surface area contributed by atoms with Gasteiger partial charge in [0.05, 0.1) is 0 Å². The third-order valence-electron chi connectivity index (χ3n) is 0.854. The molecule has 0 aromatic rings. The smallest absolute Gasteiger partial charge is 0.271 e. The molecule has 0 amide bonds. The number of hydrogen-bond donors (Lipinski definition) is 1. The van der Waals surface area contributed by atoms with Crippen LogP contribution in [0.4, 0.5) is 0 Å². The Labute approximate surface area is 46.6 Å². The number of aliphatic hydroxyl groups excluding tert-OH is 1. The van der Waals surface area contributed by atoms with Gasteiger partial charge in [-0.05, 0) is 6.08 Å². The second-order valence-corrected chi connectivity index (χ2v) is 1.51. The fourth-order valence-electron chi connectivity index (χ4n) is 0.510. The summed E-state index contributed by atoms with van der Waals surface area (Å²) in [5, 5.41) is 8.65. The maximum absolute atomic E-state index is 9.72. The lowest BCUT2D eigenvalue weighted by Crippen LogP contribution is -2.02. The van der Waals surface area contributed by atoms with E-state index in [4.69, 9.17) is 5.11 Å². The zero-order chi connectivity index (χ0) is 5.98. The second-order valence-electron chi connectivity index (χ2n) is 1.51. The van der Waals surface area contributed by atoms with Crippen LogP contribution in [0.5, 0.6) is 0 Å². The summed E-state index contributed by atoms with van der Waals surface area (Å²) in [6, 6.07) is 0. The minimum Gasteiger partial charge on any atom is -0.487 e. The molecule has 3 nitrogen and oxygen atoms in total. The summed E-state index contributed by atoms with van der Waals surface area (Å²) in [6.45, 7) is 0.185. The zero-order valence-electron chi connectivity index (χ0n) is 4.13. The number of rotatable bonds is 1. The van der Waals surface area contributed by atoms with Crippen molar-refractivity contribution in [2.75, 3.05) is 6.61 Å². The SMILES string of the molecule is O=[C]C1=CC(O)CO1. The molecule has 0 spiro atoms. The first-order valence-electron chi connectivity index (χ1n) is 2.24. The Morgan fingerprint density at radius 3 is 3.00 bits per heavy atom. The molecule has 1 aliphatic rings. The zero-order valence-corrected chi connectivity index (χ0v) is 4.13. The monoisotopic (exact) mass is 113 g/mol. The van der Waals surface area contributed by atoms with Crippen molar-refractivity contribution in [3.8, 4) is 0 Å². The van der Waals surface area contributed by atoms with Crippen LogP contribution in [0.3, 0.4) is 0 Å². The average molecular weight is 113 g/mol. The van der Waals surface area contributed by atoms with Gasteiger partial charge in [-0.2, -0.15) is 0 Å². The summed E-state index contributed by atoms with van der Waals surface area (Å²) in [7, 11) is 0. The molecular weight excluding hydrogens is 108 g/mol. The van der Waals surface area contributed by atoms with Gasteiger partial charge in [0.15, 0.2) is 5.76 Å². The molecule has 1 rings (SSSR count). The summed E-state index contributed by atoms with van der Waals surface area (Å²) in [6.07, 6.45) is 2.23. The highest BCUT2D eigenvalue weighted by atomic mass is 16.5. The van der Waals surface area contributed by atoms with Crippen molar-refractivity contribution in [2.45, 2.75) is 6.10 Å². The Kier molecular flexibility index (Phi) is 1.30. The van der Waals surface area contributed by atoms with E-state index < -0.39 is 6.10 Å². The van der Waals surface area contributed by atoms with E-state index in [0.717, 1.165) is 0 Å². The van der Waals surface area contributed by atoms with Gasteiger partial charge in [-0.1, -0.05) is 0 Å². The fraction of sp³-hybridized carbons (Fsp3) is 0.400. The van der Waals surface area contributed by atoms with E-state index in [0.29, 0.717) is 0 Å². The van der Waals surface area contributed by atoms with Crippen LogP contribution in [-0.4, -0.2) is 24.1 Å². The van der Waals surface area contributed by atoms with Crippen molar-refractivity contribution in [1.82, 2.24) is 0 Å². The Bertz CT molecular complexity index is 128. The first-order chi connectivity index (χ1) is 3.83. The molecule has 0 saturated heterocycles. The van der Waals surface area contributed by atoms with E-state index in [2.05, 4.69) is 4.74 Å². The normalized spacial score (nSPS) is 26.6. The van der Waals surface area contributed by atoms with Crippen LogP contribution in [0.2, 0.25) is 0 Å². The largest absolute Gasteiger partial charge is 0.487 e. The van der Waals surface area contributed by atoms with Crippen molar-refractivity contribution >= 4 is 6.29 Å². The standard InChI is InChI=1S/C5H5O3/c6-2-5-1-4(7)3-8-5/h1,4,7H,3H2. The third kappa shape index (κ3) is 0.869. The van der Waals surface area contributed by atoms with Crippen LogP contribution in [0, 0.1) is 0 Å². The predicted octanol–water partition coefficient (Wildman–Crippen LogP) is -0.629. The molecule has 1 unspecified atom stereocenters. The van der Waals surface area contributed by atoms with Gasteiger partial charge in [0.2, 0.25) is 0 Å².